The molecule has 2 aliphatic rings. The molecule has 0 aromatic heterocycles. The van der Waals surface area contributed by atoms with Crippen molar-refractivity contribution in [1.29, 1.82) is 0 Å². The van der Waals surface area contributed by atoms with Gasteiger partial charge in [-0.15, -0.1) is 0 Å². The first kappa shape index (κ1) is 28.5. The highest BCUT2D eigenvalue weighted by atomic mass is 16.8. The average molecular weight is 461 g/mol. The van der Waals surface area contributed by atoms with Crippen molar-refractivity contribution >= 4 is 0 Å². The van der Waals surface area contributed by atoms with Crippen LogP contribution in [-0.4, -0.2) is 164 Å². The van der Waals surface area contributed by atoms with Crippen molar-refractivity contribution in [2.24, 2.45) is 0 Å². The zero-order chi connectivity index (χ0) is 23.8. The highest BCUT2D eigenvalue weighted by Gasteiger charge is 2.58. The van der Waals surface area contributed by atoms with Crippen LogP contribution < -0.4 is 0 Å². The third-order valence-corrected chi connectivity index (χ3v) is 5.03. The van der Waals surface area contributed by atoms with Gasteiger partial charge in [0.15, 0.2) is 6.29 Å². The minimum Gasteiger partial charge on any atom is -0.395 e. The van der Waals surface area contributed by atoms with Crippen LogP contribution >= 0.6 is 0 Å². The Kier molecular flexibility index (Phi) is 12.1. The Hall–Kier alpha value is -0.560. The fraction of sp³-hybridized carbons (Fsp3) is 1.00. The standard InChI is InChI=1S/C12H22O11.C5H13NO2/c13-1-4-6(16)8(18)9(19)11(21-4)23-12(3-15)10(20)7(17)5(2-14)22-12;1-6(2-4-7)3-5-8/h4-11,13-20H,1-3H2;7-8H,2-5H2,1H3/t4-,5-,6-,7-,8+,9-,10+,11-,12+;/m1./s1. The van der Waals surface area contributed by atoms with Gasteiger partial charge in [0.25, 0.3) is 0 Å². The molecule has 9 atom stereocenters. The zero-order valence-corrected chi connectivity index (χ0v) is 17.2. The Morgan fingerprint density at radius 2 is 1.32 bits per heavy atom. The number of rotatable bonds is 9. The normalized spacial score (nSPS) is 40.6. The smallest absolute Gasteiger partial charge is 0.224 e. The number of likely N-dealkylation sites (N-methyl/N-ethyl adjacent to an activating group) is 1. The number of hydrogen-bond donors (Lipinski definition) is 10. The van der Waals surface area contributed by atoms with Crippen molar-refractivity contribution in [2.45, 2.75) is 54.8 Å². The number of ether oxygens (including phenoxy) is 3. The fourth-order valence-electron chi connectivity index (χ4n) is 3.08. The number of aliphatic hydroxyl groups is 10. The van der Waals surface area contributed by atoms with Crippen LogP contribution in [0.15, 0.2) is 0 Å². The summed E-state index contributed by atoms with van der Waals surface area (Å²) in [4.78, 5) is 1.86. The topological polar surface area (TPSA) is 233 Å². The summed E-state index contributed by atoms with van der Waals surface area (Å²) in [5, 5.41) is 93.3. The molecular formula is C17H35NO13. The van der Waals surface area contributed by atoms with Crippen molar-refractivity contribution in [3.63, 3.8) is 0 Å². The number of nitrogens with zero attached hydrogens (tertiary/aromatic N) is 1. The predicted molar refractivity (Wildman–Crippen MR) is 100 cm³/mol. The molecular weight excluding hydrogens is 426 g/mol. The lowest BCUT2D eigenvalue weighted by atomic mass is 9.99. The monoisotopic (exact) mass is 461 g/mol. The first-order chi connectivity index (χ1) is 14.6. The van der Waals surface area contributed by atoms with Gasteiger partial charge in [-0.05, 0) is 7.05 Å². The molecule has 14 nitrogen and oxygen atoms in total. The van der Waals surface area contributed by atoms with E-state index in [0.717, 1.165) is 0 Å². The Balaban J connectivity index is 0.000000512. The molecule has 0 spiro atoms. The lowest BCUT2D eigenvalue weighted by molar-refractivity contribution is -0.383. The van der Waals surface area contributed by atoms with Gasteiger partial charge in [0.2, 0.25) is 5.79 Å². The summed E-state index contributed by atoms with van der Waals surface area (Å²) in [5.41, 5.74) is 0. The van der Waals surface area contributed by atoms with E-state index >= 15 is 0 Å². The molecule has 2 fully saturated rings. The van der Waals surface area contributed by atoms with Gasteiger partial charge < -0.3 is 70.2 Å². The van der Waals surface area contributed by atoms with Crippen LogP contribution in [0.3, 0.4) is 0 Å². The lowest BCUT2D eigenvalue weighted by Gasteiger charge is -2.43. The molecule has 186 valence electrons. The molecule has 0 aromatic carbocycles. The van der Waals surface area contributed by atoms with Crippen molar-refractivity contribution in [2.75, 3.05) is 53.2 Å². The van der Waals surface area contributed by atoms with E-state index in [9.17, 15) is 30.6 Å². The van der Waals surface area contributed by atoms with Gasteiger partial charge in [0.1, 0.15) is 49.3 Å². The summed E-state index contributed by atoms with van der Waals surface area (Å²) >= 11 is 0. The van der Waals surface area contributed by atoms with E-state index < -0.39 is 74.6 Å². The van der Waals surface area contributed by atoms with E-state index in [1.54, 1.807) is 0 Å². The van der Waals surface area contributed by atoms with Crippen LogP contribution in [-0.2, 0) is 14.2 Å². The summed E-state index contributed by atoms with van der Waals surface area (Å²) in [6.07, 6.45) is -12.7. The molecule has 2 aliphatic heterocycles. The lowest BCUT2D eigenvalue weighted by Crippen LogP contribution is -2.62. The van der Waals surface area contributed by atoms with Gasteiger partial charge in [0, 0.05) is 13.1 Å². The van der Waals surface area contributed by atoms with Gasteiger partial charge in [0.05, 0.1) is 26.4 Å². The maximum atomic E-state index is 10.00. The third-order valence-electron chi connectivity index (χ3n) is 5.03. The maximum Gasteiger partial charge on any atom is 0.224 e. The van der Waals surface area contributed by atoms with Gasteiger partial charge in [-0.25, -0.2) is 0 Å². The maximum absolute atomic E-state index is 10.00. The third kappa shape index (κ3) is 6.96. The van der Waals surface area contributed by atoms with Crippen LogP contribution in [0.4, 0.5) is 0 Å². The predicted octanol–water partition coefficient (Wildman–Crippen LogP) is -6.49. The zero-order valence-electron chi connectivity index (χ0n) is 17.2. The van der Waals surface area contributed by atoms with E-state index in [2.05, 4.69) is 0 Å². The van der Waals surface area contributed by atoms with E-state index in [1.165, 1.54) is 0 Å². The molecule has 31 heavy (non-hydrogen) atoms. The summed E-state index contributed by atoms with van der Waals surface area (Å²) < 4.78 is 15.4. The van der Waals surface area contributed by atoms with Crippen molar-refractivity contribution in [3.8, 4) is 0 Å². The second-order valence-corrected chi connectivity index (χ2v) is 7.31. The Bertz CT molecular complexity index is 495. The number of hydrogen-bond acceptors (Lipinski definition) is 14. The van der Waals surface area contributed by atoms with Crippen LogP contribution in [0.25, 0.3) is 0 Å². The molecule has 0 unspecified atom stereocenters. The molecule has 0 aromatic rings. The molecule has 2 heterocycles. The van der Waals surface area contributed by atoms with Gasteiger partial charge in [-0.2, -0.15) is 0 Å². The number of aliphatic hydroxyl groups excluding tert-OH is 10. The van der Waals surface area contributed by atoms with E-state index in [1.807, 2.05) is 11.9 Å². The quantitative estimate of drug-likeness (QED) is 0.154. The summed E-state index contributed by atoms with van der Waals surface area (Å²) in [7, 11) is 1.85. The second-order valence-electron chi connectivity index (χ2n) is 7.31. The molecule has 14 heteroatoms. The first-order valence-corrected chi connectivity index (χ1v) is 9.76. The first-order valence-electron chi connectivity index (χ1n) is 9.76. The molecule has 10 N–H and O–H groups in total. The fourth-order valence-corrected chi connectivity index (χ4v) is 3.08. The molecule has 0 amide bonds. The summed E-state index contributed by atoms with van der Waals surface area (Å²) in [6, 6.07) is 0. The largest absolute Gasteiger partial charge is 0.395 e. The van der Waals surface area contributed by atoms with E-state index in [-0.39, 0.29) is 13.2 Å². The second kappa shape index (κ2) is 13.2. The summed E-state index contributed by atoms with van der Waals surface area (Å²) in [5.74, 6) is -2.22. The molecule has 0 bridgehead atoms. The Morgan fingerprint density at radius 3 is 1.74 bits per heavy atom. The summed E-state index contributed by atoms with van der Waals surface area (Å²) in [6.45, 7) is -0.717. The highest BCUT2D eigenvalue weighted by molar-refractivity contribution is 4.98. The minimum atomic E-state index is -2.22. The Morgan fingerprint density at radius 1 is 0.774 bits per heavy atom. The van der Waals surface area contributed by atoms with Crippen LogP contribution in [0.5, 0.6) is 0 Å². The van der Waals surface area contributed by atoms with Crippen LogP contribution in [0.1, 0.15) is 0 Å². The molecule has 0 saturated carbocycles. The van der Waals surface area contributed by atoms with E-state index in [4.69, 9.17) is 34.6 Å². The Labute approximate surface area is 179 Å². The minimum absolute atomic E-state index is 0.163. The van der Waals surface area contributed by atoms with Crippen LogP contribution in [0.2, 0.25) is 0 Å². The molecule has 0 radical (unpaired) electrons. The van der Waals surface area contributed by atoms with E-state index in [0.29, 0.717) is 13.1 Å². The van der Waals surface area contributed by atoms with Crippen molar-refractivity contribution < 1.29 is 65.3 Å². The van der Waals surface area contributed by atoms with Gasteiger partial charge >= 0.3 is 0 Å². The average Bonchev–Trinajstić information content (AvgIpc) is 3.00. The van der Waals surface area contributed by atoms with Gasteiger partial charge in [-0.3, -0.25) is 0 Å². The molecule has 0 aliphatic carbocycles. The van der Waals surface area contributed by atoms with Gasteiger partial charge in [-0.1, -0.05) is 0 Å². The molecule has 2 rings (SSSR count). The molecule has 2 saturated heterocycles. The van der Waals surface area contributed by atoms with Crippen LogP contribution in [0, 0.1) is 0 Å². The van der Waals surface area contributed by atoms with Crippen molar-refractivity contribution in [1.82, 2.24) is 4.90 Å². The highest BCUT2D eigenvalue weighted by Crippen LogP contribution is 2.35. The SMILES string of the molecule is CN(CCO)CCO.OC[C@H]1O[C@@](CO)(O[C@H]2O[C@H](CO)[C@@H](O)[C@H](O)[C@H]2O)[C@@H](O)[C@@H]1O. The van der Waals surface area contributed by atoms with Crippen molar-refractivity contribution in [3.05, 3.63) is 0 Å².